The van der Waals surface area contributed by atoms with E-state index in [-0.39, 0.29) is 6.04 Å². The fraction of sp³-hybridized carbons (Fsp3) is 0.400. The van der Waals surface area contributed by atoms with E-state index >= 15 is 0 Å². The fourth-order valence-corrected chi connectivity index (χ4v) is 3.31. The molecule has 3 rings (SSSR count). The van der Waals surface area contributed by atoms with Crippen molar-refractivity contribution < 1.29 is 0 Å². The van der Waals surface area contributed by atoms with Gasteiger partial charge in [-0.1, -0.05) is 12.1 Å². The van der Waals surface area contributed by atoms with Crippen LogP contribution in [0, 0.1) is 0 Å². The first-order valence-corrected chi connectivity index (χ1v) is 7.45. The third-order valence-corrected chi connectivity index (χ3v) is 4.60. The van der Waals surface area contributed by atoms with Crippen LogP contribution in [0.25, 0.3) is 11.3 Å². The fourth-order valence-electron chi connectivity index (χ4n) is 2.52. The van der Waals surface area contributed by atoms with Crippen molar-refractivity contribution in [2.24, 2.45) is 5.73 Å². The van der Waals surface area contributed by atoms with Crippen molar-refractivity contribution in [3.63, 3.8) is 0 Å². The Kier molecular flexibility index (Phi) is 3.18. The summed E-state index contributed by atoms with van der Waals surface area (Å²) in [6, 6.07) is 6.81. The summed E-state index contributed by atoms with van der Waals surface area (Å²) in [5, 5.41) is 3.13. The lowest BCUT2D eigenvalue weighted by Gasteiger charge is -2.16. The van der Waals surface area contributed by atoms with Gasteiger partial charge in [0, 0.05) is 10.9 Å². The van der Waals surface area contributed by atoms with E-state index in [1.807, 2.05) is 6.92 Å². The molecule has 1 heterocycles. The first-order chi connectivity index (χ1) is 8.74. The maximum absolute atomic E-state index is 5.86. The molecule has 0 amide bonds. The first kappa shape index (κ1) is 11.9. The van der Waals surface area contributed by atoms with E-state index in [0.717, 1.165) is 10.7 Å². The number of fused-ring (bicyclic) bond motifs is 1. The Labute approximate surface area is 112 Å². The number of nitrogens with zero attached hydrogens (tertiary/aromatic N) is 1. The standard InChI is InChI=1S/C15H18N2S/c1-10(16)15-17-14(9-18-15)13-7-6-11-4-2-3-5-12(11)8-13/h6-10H,2-5,16H2,1H3. The molecule has 1 aliphatic rings. The lowest BCUT2D eigenvalue weighted by atomic mass is 9.90. The summed E-state index contributed by atoms with van der Waals surface area (Å²) in [5.41, 5.74) is 11.2. The van der Waals surface area contributed by atoms with Gasteiger partial charge in [-0.3, -0.25) is 0 Å². The third kappa shape index (κ3) is 2.20. The van der Waals surface area contributed by atoms with E-state index in [9.17, 15) is 0 Å². The average Bonchev–Trinajstić information content (AvgIpc) is 2.88. The summed E-state index contributed by atoms with van der Waals surface area (Å²) in [7, 11) is 0. The molecule has 2 nitrogen and oxygen atoms in total. The molecule has 0 saturated carbocycles. The normalized spacial score (nSPS) is 16.3. The lowest BCUT2D eigenvalue weighted by Crippen LogP contribution is -2.04. The van der Waals surface area contributed by atoms with Crippen molar-refractivity contribution in [1.29, 1.82) is 0 Å². The molecule has 1 aliphatic carbocycles. The number of hydrogen-bond acceptors (Lipinski definition) is 3. The number of hydrogen-bond donors (Lipinski definition) is 1. The van der Waals surface area contributed by atoms with Crippen molar-refractivity contribution in [3.8, 4) is 11.3 Å². The number of benzene rings is 1. The number of aromatic nitrogens is 1. The molecule has 0 saturated heterocycles. The molecular formula is C15H18N2S. The van der Waals surface area contributed by atoms with E-state index in [1.165, 1.54) is 42.4 Å². The van der Waals surface area contributed by atoms with Gasteiger partial charge in [0.25, 0.3) is 0 Å². The lowest BCUT2D eigenvalue weighted by molar-refractivity contribution is 0.686. The number of aryl methyl sites for hydroxylation is 2. The minimum atomic E-state index is 0.0291. The quantitative estimate of drug-likeness (QED) is 0.892. The molecule has 18 heavy (non-hydrogen) atoms. The summed E-state index contributed by atoms with van der Waals surface area (Å²) in [4.78, 5) is 4.62. The van der Waals surface area contributed by atoms with Crippen LogP contribution in [0.4, 0.5) is 0 Å². The van der Waals surface area contributed by atoms with Gasteiger partial charge >= 0.3 is 0 Å². The van der Waals surface area contributed by atoms with Gasteiger partial charge in [-0.2, -0.15) is 0 Å². The van der Waals surface area contributed by atoms with E-state index < -0.39 is 0 Å². The zero-order valence-corrected chi connectivity index (χ0v) is 11.5. The first-order valence-electron chi connectivity index (χ1n) is 6.57. The Balaban J connectivity index is 1.95. The van der Waals surface area contributed by atoms with Gasteiger partial charge in [-0.15, -0.1) is 11.3 Å². The largest absolute Gasteiger partial charge is 0.322 e. The number of rotatable bonds is 2. The van der Waals surface area contributed by atoms with Gasteiger partial charge in [-0.05, 0) is 49.8 Å². The van der Waals surface area contributed by atoms with Crippen LogP contribution < -0.4 is 5.73 Å². The van der Waals surface area contributed by atoms with Crippen molar-refractivity contribution in [1.82, 2.24) is 4.98 Å². The Bertz CT molecular complexity index is 557. The SMILES string of the molecule is CC(N)c1nc(-c2ccc3c(c2)CCCC3)cs1. The van der Waals surface area contributed by atoms with Crippen LogP contribution in [0.3, 0.4) is 0 Å². The smallest absolute Gasteiger partial charge is 0.110 e. The minimum absolute atomic E-state index is 0.0291. The van der Waals surface area contributed by atoms with Crippen LogP contribution in [-0.2, 0) is 12.8 Å². The van der Waals surface area contributed by atoms with E-state index in [0.29, 0.717) is 0 Å². The molecule has 0 fully saturated rings. The second-order valence-electron chi connectivity index (χ2n) is 5.05. The van der Waals surface area contributed by atoms with Gasteiger partial charge in [0.1, 0.15) is 5.01 Å². The number of thiazole rings is 1. The Hall–Kier alpha value is -1.19. The van der Waals surface area contributed by atoms with Crippen LogP contribution in [0.15, 0.2) is 23.6 Å². The van der Waals surface area contributed by atoms with Gasteiger partial charge in [0.15, 0.2) is 0 Å². The van der Waals surface area contributed by atoms with Gasteiger partial charge in [0.2, 0.25) is 0 Å². The van der Waals surface area contributed by atoms with Crippen molar-refractivity contribution in [2.45, 2.75) is 38.6 Å². The summed E-state index contributed by atoms with van der Waals surface area (Å²) >= 11 is 1.65. The molecule has 0 bridgehead atoms. The molecule has 1 aromatic heterocycles. The van der Waals surface area contributed by atoms with Crippen LogP contribution in [-0.4, -0.2) is 4.98 Å². The molecule has 0 spiro atoms. The molecule has 2 N–H and O–H groups in total. The molecule has 3 heteroatoms. The van der Waals surface area contributed by atoms with Crippen LogP contribution in [0.1, 0.15) is 41.9 Å². The highest BCUT2D eigenvalue weighted by molar-refractivity contribution is 7.10. The van der Waals surface area contributed by atoms with E-state index in [2.05, 4.69) is 28.6 Å². The Morgan fingerprint density at radius 3 is 2.72 bits per heavy atom. The number of nitrogens with two attached hydrogens (primary N) is 1. The highest BCUT2D eigenvalue weighted by Gasteiger charge is 2.12. The predicted octanol–water partition coefficient (Wildman–Crippen LogP) is 3.71. The Morgan fingerprint density at radius 1 is 1.22 bits per heavy atom. The highest BCUT2D eigenvalue weighted by Crippen LogP contribution is 2.29. The minimum Gasteiger partial charge on any atom is -0.322 e. The summed E-state index contributed by atoms with van der Waals surface area (Å²) in [6.45, 7) is 1.98. The van der Waals surface area contributed by atoms with Crippen LogP contribution in [0.5, 0.6) is 0 Å². The van der Waals surface area contributed by atoms with Crippen molar-refractivity contribution in [2.75, 3.05) is 0 Å². The highest BCUT2D eigenvalue weighted by atomic mass is 32.1. The van der Waals surface area contributed by atoms with Gasteiger partial charge in [0.05, 0.1) is 11.7 Å². The summed E-state index contributed by atoms with van der Waals surface area (Å²) < 4.78 is 0. The van der Waals surface area contributed by atoms with Crippen LogP contribution in [0.2, 0.25) is 0 Å². The monoisotopic (exact) mass is 258 g/mol. The molecular weight excluding hydrogens is 240 g/mol. The zero-order valence-electron chi connectivity index (χ0n) is 10.6. The molecule has 94 valence electrons. The summed E-state index contributed by atoms with van der Waals surface area (Å²) in [6.07, 6.45) is 5.10. The Morgan fingerprint density at radius 2 is 2.00 bits per heavy atom. The van der Waals surface area contributed by atoms with E-state index in [1.54, 1.807) is 11.3 Å². The topological polar surface area (TPSA) is 38.9 Å². The van der Waals surface area contributed by atoms with Crippen molar-refractivity contribution >= 4 is 11.3 Å². The summed E-state index contributed by atoms with van der Waals surface area (Å²) in [5.74, 6) is 0. The maximum atomic E-state index is 5.86. The average molecular weight is 258 g/mol. The second kappa shape index (κ2) is 4.82. The molecule has 0 radical (unpaired) electrons. The molecule has 1 unspecified atom stereocenters. The molecule has 1 atom stereocenters. The molecule has 2 aromatic rings. The van der Waals surface area contributed by atoms with Crippen LogP contribution >= 0.6 is 11.3 Å². The molecule has 0 aliphatic heterocycles. The third-order valence-electron chi connectivity index (χ3n) is 3.56. The zero-order chi connectivity index (χ0) is 12.5. The van der Waals surface area contributed by atoms with Gasteiger partial charge < -0.3 is 5.73 Å². The second-order valence-corrected chi connectivity index (χ2v) is 5.94. The maximum Gasteiger partial charge on any atom is 0.110 e. The van der Waals surface area contributed by atoms with E-state index in [4.69, 9.17) is 5.73 Å². The van der Waals surface area contributed by atoms with Gasteiger partial charge in [-0.25, -0.2) is 4.98 Å². The predicted molar refractivity (Wildman–Crippen MR) is 76.8 cm³/mol. The molecule has 1 aromatic carbocycles. The van der Waals surface area contributed by atoms with Crippen molar-refractivity contribution in [3.05, 3.63) is 39.7 Å².